The van der Waals surface area contributed by atoms with Crippen molar-refractivity contribution in [1.82, 2.24) is 10.2 Å². The molecular weight excluding hydrogens is 228 g/mol. The number of methoxy groups -OCH3 is 1. The molecule has 0 aromatic heterocycles. The maximum absolute atomic E-state index is 11.8. The maximum atomic E-state index is 11.8. The average Bonchev–Trinajstić information content (AvgIpc) is 2.39. The van der Waals surface area contributed by atoms with E-state index in [1.807, 2.05) is 38.4 Å². The number of ether oxygens (including phenoxy) is 1. The largest absolute Gasteiger partial charge is 0.497 e. The first-order chi connectivity index (χ1) is 8.67. The fraction of sp³-hybridized carbons (Fsp3) is 0.500. The van der Waals surface area contributed by atoms with E-state index >= 15 is 0 Å². The van der Waals surface area contributed by atoms with E-state index in [0.29, 0.717) is 13.0 Å². The lowest BCUT2D eigenvalue weighted by molar-refractivity contribution is -0.130. The highest BCUT2D eigenvalue weighted by atomic mass is 16.5. The molecule has 0 saturated carbocycles. The lowest BCUT2D eigenvalue weighted by atomic mass is 10.2. The zero-order chi connectivity index (χ0) is 13.4. The Kier molecular flexibility index (Phi) is 6.22. The Labute approximate surface area is 109 Å². The summed E-state index contributed by atoms with van der Waals surface area (Å²) in [6.07, 6.45) is 1.47. The first kappa shape index (κ1) is 14.5. The highest BCUT2D eigenvalue weighted by Crippen LogP contribution is 2.12. The van der Waals surface area contributed by atoms with E-state index in [2.05, 4.69) is 5.32 Å². The second-order valence-electron chi connectivity index (χ2n) is 4.30. The summed E-state index contributed by atoms with van der Waals surface area (Å²) >= 11 is 0. The number of rotatable bonds is 7. The van der Waals surface area contributed by atoms with Crippen molar-refractivity contribution < 1.29 is 9.53 Å². The smallest absolute Gasteiger partial charge is 0.222 e. The van der Waals surface area contributed by atoms with Crippen molar-refractivity contribution in [3.8, 4) is 5.75 Å². The van der Waals surface area contributed by atoms with Gasteiger partial charge in [0.1, 0.15) is 5.75 Å². The van der Waals surface area contributed by atoms with Gasteiger partial charge in [-0.25, -0.2) is 0 Å². The number of hydrogen-bond donors (Lipinski definition) is 1. The standard InChI is InChI=1S/C14H22N2O2/c1-15-10-4-5-14(17)16(2)11-12-6-8-13(18-3)9-7-12/h6-9,15H,4-5,10-11H2,1-3H3. The quantitative estimate of drug-likeness (QED) is 0.748. The molecule has 0 unspecified atom stereocenters. The van der Waals surface area contributed by atoms with Gasteiger partial charge in [0.2, 0.25) is 5.91 Å². The molecule has 0 heterocycles. The van der Waals surface area contributed by atoms with Crippen molar-refractivity contribution >= 4 is 5.91 Å². The summed E-state index contributed by atoms with van der Waals surface area (Å²) in [6, 6.07) is 7.79. The SMILES string of the molecule is CNCCCC(=O)N(C)Cc1ccc(OC)cc1. The van der Waals surface area contributed by atoms with Gasteiger partial charge in [0, 0.05) is 20.0 Å². The molecule has 0 spiro atoms. The predicted octanol–water partition coefficient (Wildman–Crippen LogP) is 1.65. The molecule has 0 atom stereocenters. The third-order valence-electron chi connectivity index (χ3n) is 2.82. The van der Waals surface area contributed by atoms with Gasteiger partial charge in [0.05, 0.1) is 7.11 Å². The van der Waals surface area contributed by atoms with Crippen LogP contribution in [0.4, 0.5) is 0 Å². The minimum Gasteiger partial charge on any atom is -0.497 e. The van der Waals surface area contributed by atoms with E-state index in [-0.39, 0.29) is 5.91 Å². The van der Waals surface area contributed by atoms with Crippen LogP contribution in [-0.4, -0.2) is 38.6 Å². The van der Waals surface area contributed by atoms with Crippen LogP contribution >= 0.6 is 0 Å². The highest BCUT2D eigenvalue weighted by molar-refractivity contribution is 5.75. The molecule has 0 saturated heterocycles. The highest BCUT2D eigenvalue weighted by Gasteiger charge is 2.08. The molecule has 0 aliphatic heterocycles. The third kappa shape index (κ3) is 4.75. The monoisotopic (exact) mass is 250 g/mol. The van der Waals surface area contributed by atoms with Crippen LogP contribution in [0.1, 0.15) is 18.4 Å². The molecule has 0 radical (unpaired) electrons. The molecule has 0 aliphatic carbocycles. The van der Waals surface area contributed by atoms with Gasteiger partial charge < -0.3 is 15.0 Å². The molecule has 1 N–H and O–H groups in total. The van der Waals surface area contributed by atoms with Crippen LogP contribution in [-0.2, 0) is 11.3 Å². The summed E-state index contributed by atoms with van der Waals surface area (Å²) < 4.78 is 5.10. The number of benzene rings is 1. The second kappa shape index (κ2) is 7.71. The number of nitrogens with zero attached hydrogens (tertiary/aromatic N) is 1. The number of hydrogen-bond acceptors (Lipinski definition) is 3. The Bertz CT molecular complexity index is 363. The zero-order valence-corrected chi connectivity index (χ0v) is 11.4. The van der Waals surface area contributed by atoms with E-state index in [1.54, 1.807) is 12.0 Å². The van der Waals surface area contributed by atoms with Crippen molar-refractivity contribution in [2.45, 2.75) is 19.4 Å². The van der Waals surface area contributed by atoms with Crippen LogP contribution in [0, 0.1) is 0 Å². The first-order valence-corrected chi connectivity index (χ1v) is 6.19. The normalized spacial score (nSPS) is 10.2. The Morgan fingerprint density at radius 2 is 2.00 bits per heavy atom. The summed E-state index contributed by atoms with van der Waals surface area (Å²) in [4.78, 5) is 13.6. The lowest BCUT2D eigenvalue weighted by Gasteiger charge is -2.17. The second-order valence-corrected chi connectivity index (χ2v) is 4.30. The van der Waals surface area contributed by atoms with Crippen molar-refractivity contribution in [3.05, 3.63) is 29.8 Å². The number of carbonyl (C=O) groups is 1. The van der Waals surface area contributed by atoms with Crippen molar-refractivity contribution in [2.24, 2.45) is 0 Å². The van der Waals surface area contributed by atoms with Gasteiger partial charge in [0.15, 0.2) is 0 Å². The van der Waals surface area contributed by atoms with Crippen LogP contribution in [0.15, 0.2) is 24.3 Å². The summed E-state index contributed by atoms with van der Waals surface area (Å²) in [5.41, 5.74) is 1.11. The van der Waals surface area contributed by atoms with Gasteiger partial charge in [-0.05, 0) is 37.7 Å². The molecule has 1 aromatic rings. The van der Waals surface area contributed by atoms with E-state index in [1.165, 1.54) is 0 Å². The topological polar surface area (TPSA) is 41.6 Å². The van der Waals surface area contributed by atoms with Gasteiger partial charge >= 0.3 is 0 Å². The van der Waals surface area contributed by atoms with E-state index < -0.39 is 0 Å². The predicted molar refractivity (Wildman–Crippen MR) is 72.6 cm³/mol. The van der Waals surface area contributed by atoms with Gasteiger partial charge in [-0.15, -0.1) is 0 Å². The number of nitrogens with one attached hydrogen (secondary N) is 1. The molecule has 0 aliphatic rings. The summed E-state index contributed by atoms with van der Waals surface area (Å²) in [5, 5.41) is 3.04. The van der Waals surface area contributed by atoms with Crippen LogP contribution in [0.3, 0.4) is 0 Å². The molecule has 1 rings (SSSR count). The molecule has 4 nitrogen and oxygen atoms in total. The summed E-state index contributed by atoms with van der Waals surface area (Å²) in [7, 11) is 5.38. The number of carbonyl (C=O) groups excluding carboxylic acids is 1. The third-order valence-corrected chi connectivity index (χ3v) is 2.82. The Morgan fingerprint density at radius 3 is 2.56 bits per heavy atom. The molecule has 0 bridgehead atoms. The van der Waals surface area contributed by atoms with Crippen molar-refractivity contribution in [2.75, 3.05) is 27.7 Å². The average molecular weight is 250 g/mol. The minimum atomic E-state index is 0.182. The molecular formula is C14H22N2O2. The fourth-order valence-corrected chi connectivity index (χ4v) is 1.70. The Morgan fingerprint density at radius 1 is 1.33 bits per heavy atom. The fourth-order valence-electron chi connectivity index (χ4n) is 1.70. The molecule has 18 heavy (non-hydrogen) atoms. The first-order valence-electron chi connectivity index (χ1n) is 6.19. The Hall–Kier alpha value is -1.55. The zero-order valence-electron chi connectivity index (χ0n) is 11.4. The lowest BCUT2D eigenvalue weighted by Crippen LogP contribution is -2.26. The van der Waals surface area contributed by atoms with Crippen LogP contribution in [0.25, 0.3) is 0 Å². The van der Waals surface area contributed by atoms with Crippen molar-refractivity contribution in [3.63, 3.8) is 0 Å². The van der Waals surface area contributed by atoms with Crippen LogP contribution < -0.4 is 10.1 Å². The maximum Gasteiger partial charge on any atom is 0.222 e. The summed E-state index contributed by atoms with van der Waals surface area (Å²) in [6.45, 7) is 1.52. The van der Waals surface area contributed by atoms with Crippen molar-refractivity contribution in [1.29, 1.82) is 0 Å². The van der Waals surface area contributed by atoms with Gasteiger partial charge in [-0.2, -0.15) is 0 Å². The number of amides is 1. The molecule has 100 valence electrons. The van der Waals surface area contributed by atoms with Gasteiger partial charge in [0.25, 0.3) is 0 Å². The molecule has 1 aromatic carbocycles. The van der Waals surface area contributed by atoms with E-state index in [4.69, 9.17) is 4.74 Å². The van der Waals surface area contributed by atoms with Gasteiger partial charge in [-0.1, -0.05) is 12.1 Å². The van der Waals surface area contributed by atoms with E-state index in [9.17, 15) is 4.79 Å². The van der Waals surface area contributed by atoms with E-state index in [0.717, 1.165) is 24.3 Å². The van der Waals surface area contributed by atoms with Crippen LogP contribution in [0.5, 0.6) is 5.75 Å². The summed E-state index contributed by atoms with van der Waals surface area (Å²) in [5.74, 6) is 1.02. The van der Waals surface area contributed by atoms with Crippen LogP contribution in [0.2, 0.25) is 0 Å². The van der Waals surface area contributed by atoms with Gasteiger partial charge in [-0.3, -0.25) is 4.79 Å². The minimum absolute atomic E-state index is 0.182. The molecule has 4 heteroatoms. The Balaban J connectivity index is 2.42. The molecule has 0 fully saturated rings. The molecule has 1 amide bonds.